The Hall–Kier alpha value is -3.94. The van der Waals surface area contributed by atoms with Gasteiger partial charge in [0.1, 0.15) is 0 Å². The number of fused-ring (bicyclic) bond motifs is 1. The van der Waals surface area contributed by atoms with Crippen LogP contribution in [0, 0.1) is 5.92 Å². The zero-order chi connectivity index (χ0) is 23.0. The molecule has 0 radical (unpaired) electrons. The van der Waals surface area contributed by atoms with E-state index >= 15 is 0 Å². The van der Waals surface area contributed by atoms with Gasteiger partial charge in [-0.25, -0.2) is 14.4 Å². The van der Waals surface area contributed by atoms with E-state index < -0.39 is 17.6 Å². The van der Waals surface area contributed by atoms with Crippen LogP contribution in [0.3, 0.4) is 0 Å². The first-order valence-corrected chi connectivity index (χ1v) is 10.8. The van der Waals surface area contributed by atoms with Gasteiger partial charge in [0, 0.05) is 30.6 Å². The van der Waals surface area contributed by atoms with Crippen molar-refractivity contribution < 1.29 is 23.8 Å². The standard InChI is InChI=1S/C25H24N2O6/c28-23(19-7-3-1-4-8-19)32-16-18(17-33-24(29)20-9-5-2-6-10-20)11-13-27-15-21-12-14-31-22(21)26-25(27)30/h1-10,15,18H,11-14,16-17H2. The largest absolute Gasteiger partial charge is 0.477 e. The van der Waals surface area contributed by atoms with Crippen molar-refractivity contribution in [2.24, 2.45) is 5.92 Å². The fourth-order valence-electron chi connectivity index (χ4n) is 3.47. The first-order chi connectivity index (χ1) is 16.1. The fraction of sp³-hybridized carbons (Fsp3) is 0.280. The van der Waals surface area contributed by atoms with Crippen LogP contribution in [0.1, 0.15) is 32.7 Å². The van der Waals surface area contributed by atoms with Crippen LogP contribution >= 0.6 is 0 Å². The highest BCUT2D eigenvalue weighted by Crippen LogP contribution is 2.20. The van der Waals surface area contributed by atoms with Gasteiger partial charge >= 0.3 is 17.6 Å². The van der Waals surface area contributed by atoms with Gasteiger partial charge < -0.3 is 14.2 Å². The fourth-order valence-corrected chi connectivity index (χ4v) is 3.47. The van der Waals surface area contributed by atoms with Crippen molar-refractivity contribution in [3.05, 3.63) is 94.0 Å². The second-order valence-corrected chi connectivity index (χ2v) is 7.73. The molecule has 170 valence electrons. The first-order valence-electron chi connectivity index (χ1n) is 10.8. The van der Waals surface area contributed by atoms with E-state index in [1.54, 1.807) is 54.7 Å². The summed E-state index contributed by atoms with van der Waals surface area (Å²) >= 11 is 0. The summed E-state index contributed by atoms with van der Waals surface area (Å²) in [5.41, 5.74) is 1.36. The van der Waals surface area contributed by atoms with E-state index in [2.05, 4.69) is 4.98 Å². The number of hydrogen-bond donors (Lipinski definition) is 0. The van der Waals surface area contributed by atoms with E-state index in [-0.39, 0.29) is 19.1 Å². The molecule has 2 heterocycles. The zero-order valence-corrected chi connectivity index (χ0v) is 18.0. The maximum absolute atomic E-state index is 12.4. The average Bonchev–Trinajstić information content (AvgIpc) is 3.31. The molecule has 33 heavy (non-hydrogen) atoms. The maximum atomic E-state index is 12.4. The highest BCUT2D eigenvalue weighted by molar-refractivity contribution is 5.89. The van der Waals surface area contributed by atoms with Gasteiger partial charge in [-0.05, 0) is 30.7 Å². The molecule has 8 nitrogen and oxygen atoms in total. The predicted octanol–water partition coefficient (Wildman–Crippen LogP) is 2.90. The summed E-state index contributed by atoms with van der Waals surface area (Å²) in [6, 6.07) is 17.3. The molecule has 0 saturated heterocycles. The predicted molar refractivity (Wildman–Crippen MR) is 119 cm³/mol. The van der Waals surface area contributed by atoms with Crippen molar-refractivity contribution in [3.8, 4) is 5.88 Å². The van der Waals surface area contributed by atoms with Crippen LogP contribution in [0.25, 0.3) is 0 Å². The molecule has 1 aliphatic heterocycles. The minimum absolute atomic E-state index is 0.0476. The Morgan fingerprint density at radius 2 is 1.52 bits per heavy atom. The van der Waals surface area contributed by atoms with Gasteiger partial charge in [0.05, 0.1) is 30.9 Å². The Labute approximate surface area is 190 Å². The molecular weight excluding hydrogens is 424 g/mol. The summed E-state index contributed by atoms with van der Waals surface area (Å²) in [6.45, 7) is 0.951. The molecule has 4 rings (SSSR count). The van der Waals surface area contributed by atoms with Crippen molar-refractivity contribution >= 4 is 11.9 Å². The minimum Gasteiger partial charge on any atom is -0.477 e. The van der Waals surface area contributed by atoms with Crippen molar-refractivity contribution in [3.63, 3.8) is 0 Å². The van der Waals surface area contributed by atoms with Crippen LogP contribution in [0.4, 0.5) is 0 Å². The number of benzene rings is 2. The molecule has 1 aliphatic rings. The molecule has 8 heteroatoms. The van der Waals surface area contributed by atoms with Gasteiger partial charge in [-0.1, -0.05) is 36.4 Å². The second-order valence-electron chi connectivity index (χ2n) is 7.73. The molecule has 0 N–H and O–H groups in total. The van der Waals surface area contributed by atoms with Gasteiger partial charge in [-0.15, -0.1) is 0 Å². The molecule has 0 fully saturated rings. The van der Waals surface area contributed by atoms with Gasteiger partial charge in [-0.2, -0.15) is 4.98 Å². The van der Waals surface area contributed by atoms with Gasteiger partial charge in [0.15, 0.2) is 0 Å². The normalized spacial score (nSPS) is 12.2. The molecule has 0 spiro atoms. The lowest BCUT2D eigenvalue weighted by molar-refractivity contribution is 0.0240. The average molecular weight is 448 g/mol. The number of esters is 2. The molecular formula is C25H24N2O6. The maximum Gasteiger partial charge on any atom is 0.350 e. The topological polar surface area (TPSA) is 96.7 Å². The van der Waals surface area contributed by atoms with Crippen LogP contribution in [0.2, 0.25) is 0 Å². The van der Waals surface area contributed by atoms with Crippen molar-refractivity contribution in [2.45, 2.75) is 19.4 Å². The van der Waals surface area contributed by atoms with E-state index in [0.717, 1.165) is 5.56 Å². The molecule has 0 saturated carbocycles. The van der Waals surface area contributed by atoms with Gasteiger partial charge in [-0.3, -0.25) is 4.57 Å². The van der Waals surface area contributed by atoms with Crippen LogP contribution in [-0.4, -0.2) is 41.3 Å². The van der Waals surface area contributed by atoms with E-state index in [1.165, 1.54) is 4.57 Å². The smallest absolute Gasteiger partial charge is 0.350 e. The Kier molecular flexibility index (Phi) is 7.14. The lowest BCUT2D eigenvalue weighted by atomic mass is 10.1. The number of hydrogen-bond acceptors (Lipinski definition) is 7. The van der Waals surface area contributed by atoms with Crippen molar-refractivity contribution in [2.75, 3.05) is 19.8 Å². The van der Waals surface area contributed by atoms with E-state index in [0.29, 0.717) is 43.0 Å². The Balaban J connectivity index is 1.40. The highest BCUT2D eigenvalue weighted by Gasteiger charge is 2.19. The highest BCUT2D eigenvalue weighted by atomic mass is 16.5. The summed E-state index contributed by atoms with van der Waals surface area (Å²) in [7, 11) is 0. The summed E-state index contributed by atoms with van der Waals surface area (Å²) < 4.78 is 17.8. The number of aryl methyl sites for hydroxylation is 1. The second kappa shape index (κ2) is 10.6. The summed E-state index contributed by atoms with van der Waals surface area (Å²) in [6.07, 6.45) is 2.90. The molecule has 0 atom stereocenters. The van der Waals surface area contributed by atoms with Crippen molar-refractivity contribution in [1.29, 1.82) is 0 Å². The first kappa shape index (κ1) is 22.3. The quantitative estimate of drug-likeness (QED) is 0.464. The van der Waals surface area contributed by atoms with Crippen molar-refractivity contribution in [1.82, 2.24) is 9.55 Å². The number of ether oxygens (including phenoxy) is 3. The van der Waals surface area contributed by atoms with Gasteiger partial charge in [0.2, 0.25) is 5.88 Å². The lowest BCUT2D eigenvalue weighted by Gasteiger charge is -2.18. The van der Waals surface area contributed by atoms with E-state index in [1.807, 2.05) is 12.1 Å². The third-order valence-corrected chi connectivity index (χ3v) is 5.34. The Morgan fingerprint density at radius 3 is 2.09 bits per heavy atom. The van der Waals surface area contributed by atoms with E-state index in [9.17, 15) is 14.4 Å². The number of rotatable bonds is 9. The summed E-state index contributed by atoms with van der Waals surface area (Å²) in [4.78, 5) is 41.0. The molecule has 3 aromatic rings. The lowest BCUT2D eigenvalue weighted by Crippen LogP contribution is -2.27. The molecule has 1 aromatic heterocycles. The number of carbonyl (C=O) groups excluding carboxylic acids is 2. The SMILES string of the molecule is O=C(OCC(CCn1cc2c(nc1=O)OCC2)COC(=O)c1ccccc1)c1ccccc1. The molecule has 0 amide bonds. The van der Waals surface area contributed by atoms with Crippen LogP contribution in [0.15, 0.2) is 71.7 Å². The molecule has 0 unspecified atom stereocenters. The Bertz CT molecular complexity index is 1110. The molecule has 0 bridgehead atoms. The van der Waals surface area contributed by atoms with Crippen LogP contribution < -0.4 is 10.4 Å². The minimum atomic E-state index is -0.455. The Morgan fingerprint density at radius 1 is 0.939 bits per heavy atom. The van der Waals surface area contributed by atoms with Crippen LogP contribution in [0.5, 0.6) is 5.88 Å². The monoisotopic (exact) mass is 448 g/mol. The third kappa shape index (κ3) is 5.85. The van der Waals surface area contributed by atoms with Gasteiger partial charge in [0.25, 0.3) is 0 Å². The zero-order valence-electron chi connectivity index (χ0n) is 18.0. The molecule has 0 aliphatic carbocycles. The number of aromatic nitrogens is 2. The van der Waals surface area contributed by atoms with E-state index in [4.69, 9.17) is 14.2 Å². The number of nitrogens with zero attached hydrogens (tertiary/aromatic N) is 2. The van der Waals surface area contributed by atoms with Crippen LogP contribution in [-0.2, 0) is 22.4 Å². The summed E-state index contributed by atoms with van der Waals surface area (Å²) in [5, 5.41) is 0. The number of carbonyl (C=O) groups is 2. The third-order valence-electron chi connectivity index (χ3n) is 5.34. The molecule has 2 aromatic carbocycles. The summed E-state index contributed by atoms with van der Waals surface area (Å²) in [5.74, 6) is -0.824.